The monoisotopic (exact) mass is 248 g/mol. The molecule has 1 aromatic carbocycles. The highest BCUT2D eigenvalue weighted by Gasteiger charge is 2.32. The first-order valence-corrected chi connectivity index (χ1v) is 5.79. The van der Waals surface area contributed by atoms with Crippen LogP contribution in [-0.2, 0) is 9.59 Å². The maximum atomic E-state index is 11.9. The maximum Gasteiger partial charge on any atom is 0.247 e. The van der Waals surface area contributed by atoms with Gasteiger partial charge in [0, 0.05) is 5.69 Å². The Morgan fingerprint density at radius 2 is 2.11 bits per heavy atom. The summed E-state index contributed by atoms with van der Waals surface area (Å²) in [5, 5.41) is 2.57. The number of hydrogen-bond acceptors (Lipinski definition) is 3. The predicted octanol–water partition coefficient (Wildman–Crippen LogP) is 0.855. The number of carbonyl (C=O) groups is 2. The molecule has 96 valence electrons. The van der Waals surface area contributed by atoms with Crippen LogP contribution in [0.15, 0.2) is 18.2 Å². The second kappa shape index (κ2) is 4.68. The van der Waals surface area contributed by atoms with E-state index in [4.69, 9.17) is 4.74 Å². The largest absolute Gasteiger partial charge is 0.497 e. The summed E-state index contributed by atoms with van der Waals surface area (Å²) in [5.74, 6) is 0.498. The number of anilines is 1. The van der Waals surface area contributed by atoms with E-state index in [0.29, 0.717) is 0 Å². The van der Waals surface area contributed by atoms with Crippen molar-refractivity contribution in [2.24, 2.45) is 0 Å². The minimum atomic E-state index is -0.488. The third kappa shape index (κ3) is 2.03. The van der Waals surface area contributed by atoms with Gasteiger partial charge in [-0.25, -0.2) is 0 Å². The molecule has 1 heterocycles. The molecule has 0 aliphatic carbocycles. The lowest BCUT2D eigenvalue weighted by molar-refractivity contribution is -0.130. The molecule has 1 fully saturated rings. The van der Waals surface area contributed by atoms with Crippen LogP contribution in [0.3, 0.4) is 0 Å². The molecule has 1 atom stereocenters. The summed E-state index contributed by atoms with van der Waals surface area (Å²) in [5.41, 5.74) is 1.66. The van der Waals surface area contributed by atoms with Crippen molar-refractivity contribution in [1.29, 1.82) is 0 Å². The van der Waals surface area contributed by atoms with Gasteiger partial charge in [-0.05, 0) is 37.6 Å². The third-order valence-corrected chi connectivity index (χ3v) is 3.11. The van der Waals surface area contributed by atoms with Gasteiger partial charge in [-0.3, -0.25) is 14.5 Å². The van der Waals surface area contributed by atoms with E-state index in [2.05, 4.69) is 5.32 Å². The summed E-state index contributed by atoms with van der Waals surface area (Å²) < 4.78 is 5.13. The van der Waals surface area contributed by atoms with Gasteiger partial charge in [0.1, 0.15) is 11.8 Å². The maximum absolute atomic E-state index is 11.9. The molecule has 5 nitrogen and oxygen atoms in total. The van der Waals surface area contributed by atoms with Crippen molar-refractivity contribution in [3.05, 3.63) is 23.8 Å². The van der Waals surface area contributed by atoms with Crippen LogP contribution in [0.25, 0.3) is 0 Å². The van der Waals surface area contributed by atoms with Crippen LogP contribution in [0, 0.1) is 6.92 Å². The number of amides is 2. The minimum Gasteiger partial charge on any atom is -0.497 e. The molecule has 1 aliphatic rings. The number of nitrogens with zero attached hydrogens (tertiary/aromatic N) is 1. The fourth-order valence-electron chi connectivity index (χ4n) is 2.10. The fourth-order valence-corrected chi connectivity index (χ4v) is 2.10. The normalized spacial score (nSPS) is 19.7. The number of aryl methyl sites for hydroxylation is 1. The Labute approximate surface area is 106 Å². The topological polar surface area (TPSA) is 58.6 Å². The van der Waals surface area contributed by atoms with Gasteiger partial charge in [-0.1, -0.05) is 0 Å². The highest BCUT2D eigenvalue weighted by atomic mass is 16.5. The van der Waals surface area contributed by atoms with E-state index in [1.54, 1.807) is 26.2 Å². The van der Waals surface area contributed by atoms with E-state index < -0.39 is 6.04 Å². The van der Waals surface area contributed by atoms with Crippen molar-refractivity contribution in [1.82, 2.24) is 5.32 Å². The van der Waals surface area contributed by atoms with Crippen LogP contribution in [0.2, 0.25) is 0 Å². The van der Waals surface area contributed by atoms with Crippen LogP contribution >= 0.6 is 0 Å². The van der Waals surface area contributed by atoms with Crippen molar-refractivity contribution >= 4 is 17.5 Å². The second-order valence-electron chi connectivity index (χ2n) is 4.31. The average Bonchev–Trinajstić information content (AvgIpc) is 2.36. The van der Waals surface area contributed by atoms with Gasteiger partial charge >= 0.3 is 0 Å². The van der Waals surface area contributed by atoms with Gasteiger partial charge in [0.25, 0.3) is 0 Å². The molecular formula is C13H16N2O3. The number of methoxy groups -OCH3 is 1. The van der Waals surface area contributed by atoms with Gasteiger partial charge in [-0.15, -0.1) is 0 Å². The molecule has 0 radical (unpaired) electrons. The fraction of sp³-hybridized carbons (Fsp3) is 0.385. The van der Waals surface area contributed by atoms with E-state index in [9.17, 15) is 9.59 Å². The number of nitrogens with one attached hydrogen (secondary N) is 1. The van der Waals surface area contributed by atoms with E-state index in [-0.39, 0.29) is 18.4 Å². The second-order valence-corrected chi connectivity index (χ2v) is 4.31. The zero-order chi connectivity index (χ0) is 13.3. The summed E-state index contributed by atoms with van der Waals surface area (Å²) in [6.07, 6.45) is 0. The van der Waals surface area contributed by atoms with Gasteiger partial charge < -0.3 is 10.1 Å². The molecule has 2 amide bonds. The highest BCUT2D eigenvalue weighted by Crippen LogP contribution is 2.27. The van der Waals surface area contributed by atoms with Crippen LogP contribution in [0.1, 0.15) is 12.5 Å². The first-order valence-electron chi connectivity index (χ1n) is 5.79. The molecule has 0 saturated carbocycles. The Bertz CT molecular complexity index is 499. The lowest BCUT2D eigenvalue weighted by atomic mass is 10.1. The zero-order valence-corrected chi connectivity index (χ0v) is 10.7. The Morgan fingerprint density at radius 1 is 1.39 bits per heavy atom. The highest BCUT2D eigenvalue weighted by molar-refractivity contribution is 6.06. The van der Waals surface area contributed by atoms with Gasteiger partial charge in [0.2, 0.25) is 11.8 Å². The van der Waals surface area contributed by atoms with E-state index in [1.807, 2.05) is 13.0 Å². The summed E-state index contributed by atoms with van der Waals surface area (Å²) in [4.78, 5) is 25.1. The van der Waals surface area contributed by atoms with Gasteiger partial charge in [0.15, 0.2) is 0 Å². The van der Waals surface area contributed by atoms with E-state index in [1.165, 1.54) is 4.90 Å². The first-order chi connectivity index (χ1) is 8.54. The molecule has 1 aliphatic heterocycles. The Kier molecular flexibility index (Phi) is 3.23. The molecule has 0 bridgehead atoms. The molecule has 1 aromatic rings. The SMILES string of the molecule is COc1ccc(N2C(=O)CNC(=O)C2C)c(C)c1. The summed E-state index contributed by atoms with van der Waals surface area (Å²) >= 11 is 0. The van der Waals surface area contributed by atoms with Crippen LogP contribution in [0.4, 0.5) is 5.69 Å². The Morgan fingerprint density at radius 3 is 2.72 bits per heavy atom. The molecular weight excluding hydrogens is 232 g/mol. The average molecular weight is 248 g/mol. The van der Waals surface area contributed by atoms with Crippen molar-refractivity contribution in [2.75, 3.05) is 18.6 Å². The number of rotatable bonds is 2. The van der Waals surface area contributed by atoms with Crippen molar-refractivity contribution < 1.29 is 14.3 Å². The number of ether oxygens (including phenoxy) is 1. The Balaban J connectivity index is 2.40. The van der Waals surface area contributed by atoms with Crippen molar-refractivity contribution in [3.8, 4) is 5.75 Å². The Hall–Kier alpha value is -2.04. The molecule has 5 heteroatoms. The zero-order valence-electron chi connectivity index (χ0n) is 10.7. The quantitative estimate of drug-likeness (QED) is 0.844. The minimum absolute atomic E-state index is 0.0502. The van der Waals surface area contributed by atoms with Gasteiger partial charge in [0.05, 0.1) is 13.7 Å². The summed E-state index contributed by atoms with van der Waals surface area (Å²) in [7, 11) is 1.59. The van der Waals surface area contributed by atoms with E-state index >= 15 is 0 Å². The lowest BCUT2D eigenvalue weighted by Gasteiger charge is -2.33. The van der Waals surface area contributed by atoms with Crippen LogP contribution in [-0.4, -0.2) is 31.5 Å². The first kappa shape index (κ1) is 12.4. The molecule has 1 N–H and O–H groups in total. The molecule has 0 aromatic heterocycles. The number of carbonyl (C=O) groups excluding carboxylic acids is 2. The number of benzene rings is 1. The number of piperazine rings is 1. The van der Waals surface area contributed by atoms with Crippen LogP contribution < -0.4 is 15.0 Å². The summed E-state index contributed by atoms with van der Waals surface area (Å²) in [6, 6.07) is 4.95. The smallest absolute Gasteiger partial charge is 0.247 e. The standard InChI is InChI=1S/C13H16N2O3/c1-8-6-10(18-3)4-5-11(8)15-9(2)13(17)14-7-12(15)16/h4-6,9H,7H2,1-3H3,(H,14,17). The molecule has 0 spiro atoms. The molecule has 18 heavy (non-hydrogen) atoms. The van der Waals surface area contributed by atoms with Crippen molar-refractivity contribution in [2.45, 2.75) is 19.9 Å². The van der Waals surface area contributed by atoms with Gasteiger partial charge in [-0.2, -0.15) is 0 Å². The summed E-state index contributed by atoms with van der Waals surface area (Å²) in [6.45, 7) is 3.66. The van der Waals surface area contributed by atoms with Crippen molar-refractivity contribution in [3.63, 3.8) is 0 Å². The van der Waals surface area contributed by atoms with E-state index in [0.717, 1.165) is 17.0 Å². The number of hydrogen-bond donors (Lipinski definition) is 1. The third-order valence-electron chi connectivity index (χ3n) is 3.11. The predicted molar refractivity (Wildman–Crippen MR) is 67.7 cm³/mol. The lowest BCUT2D eigenvalue weighted by Crippen LogP contribution is -2.57. The molecule has 2 rings (SSSR count). The molecule has 1 unspecified atom stereocenters. The molecule has 1 saturated heterocycles. The van der Waals surface area contributed by atoms with Crippen LogP contribution in [0.5, 0.6) is 5.75 Å².